The Morgan fingerprint density at radius 3 is 2.29 bits per heavy atom. The first-order chi connectivity index (χ1) is 14.6. The number of ether oxygens (including phenoxy) is 1. The van der Waals surface area contributed by atoms with Gasteiger partial charge in [-0.3, -0.25) is 9.36 Å². The second-order valence-electron chi connectivity index (χ2n) is 7.86. The molecule has 0 radical (unpaired) electrons. The van der Waals surface area contributed by atoms with Crippen molar-refractivity contribution < 1.29 is 27.7 Å². The third-order valence-corrected chi connectivity index (χ3v) is 6.75. The van der Waals surface area contributed by atoms with E-state index in [0.717, 1.165) is 5.56 Å². The Balaban J connectivity index is 2.17. The van der Waals surface area contributed by atoms with Crippen molar-refractivity contribution in [3.8, 4) is 0 Å². The number of halogens is 1. The van der Waals surface area contributed by atoms with Crippen LogP contribution in [0.5, 0.6) is 0 Å². The van der Waals surface area contributed by atoms with Crippen LogP contribution in [0.4, 0.5) is 0 Å². The molecule has 0 spiro atoms. The fraction of sp³-hybridized carbons (Fsp3) is 0.571. The first-order valence-corrected chi connectivity index (χ1v) is 12.2. The van der Waals surface area contributed by atoms with Gasteiger partial charge in [-0.2, -0.15) is 4.98 Å². The minimum atomic E-state index is -3.81. The van der Waals surface area contributed by atoms with E-state index in [1.807, 2.05) is 24.3 Å². The lowest BCUT2D eigenvalue weighted by Crippen LogP contribution is -2.34. The fourth-order valence-electron chi connectivity index (χ4n) is 2.82. The van der Waals surface area contributed by atoms with E-state index in [-0.39, 0.29) is 25.5 Å². The van der Waals surface area contributed by atoms with Crippen molar-refractivity contribution >= 4 is 25.2 Å². The first kappa shape index (κ1) is 25.5. The van der Waals surface area contributed by atoms with Crippen LogP contribution in [0.15, 0.2) is 28.8 Å². The van der Waals surface area contributed by atoms with Gasteiger partial charge in [-0.1, -0.05) is 28.9 Å². The molecule has 31 heavy (non-hydrogen) atoms. The van der Waals surface area contributed by atoms with Crippen LogP contribution in [0.3, 0.4) is 0 Å². The molecule has 172 valence electrons. The number of carbonyl (C=O) groups is 1. The average Bonchev–Trinajstić information content (AvgIpc) is 3.12. The molecule has 1 atom stereocenters. The van der Waals surface area contributed by atoms with Gasteiger partial charge in [0.15, 0.2) is 11.5 Å². The lowest BCUT2D eigenvalue weighted by atomic mass is 10.1. The summed E-state index contributed by atoms with van der Waals surface area (Å²) in [6.07, 6.45) is 1.12. The third-order valence-electron chi connectivity index (χ3n) is 4.11. The number of esters is 1. The molecule has 0 aliphatic carbocycles. The molecule has 10 heteroatoms. The fourth-order valence-corrected chi connectivity index (χ4v) is 4.79. The molecule has 0 bridgehead atoms. The third kappa shape index (κ3) is 8.04. The smallest absolute Gasteiger partial charge is 0.345 e. The number of aromatic nitrogens is 2. The molecule has 8 nitrogen and oxygen atoms in total. The Labute approximate surface area is 188 Å². The van der Waals surface area contributed by atoms with Crippen LogP contribution in [0.1, 0.15) is 51.9 Å². The maximum absolute atomic E-state index is 13.3. The lowest BCUT2D eigenvalue weighted by molar-refractivity contribution is -0.154. The Hall–Kier alpha value is -1.73. The number of benzene rings is 1. The van der Waals surface area contributed by atoms with Gasteiger partial charge in [0, 0.05) is 11.4 Å². The maximum Gasteiger partial charge on any atom is 0.345 e. The Morgan fingerprint density at radius 1 is 1.13 bits per heavy atom. The van der Waals surface area contributed by atoms with Gasteiger partial charge in [0.1, 0.15) is 5.60 Å². The molecule has 1 aromatic heterocycles. The first-order valence-electron chi connectivity index (χ1n) is 10.2. The molecule has 2 aromatic rings. The number of carbonyl (C=O) groups excluding carboxylic acids is 1. The van der Waals surface area contributed by atoms with Crippen molar-refractivity contribution in [3.63, 3.8) is 0 Å². The normalized spacial score (nSPS) is 13.2. The van der Waals surface area contributed by atoms with Crippen LogP contribution in [0.25, 0.3) is 0 Å². The Kier molecular flexibility index (Phi) is 9.25. The number of rotatable bonds is 11. The summed E-state index contributed by atoms with van der Waals surface area (Å²) in [5, 5.41) is 4.65. The van der Waals surface area contributed by atoms with Gasteiger partial charge in [0.05, 0.1) is 19.6 Å². The second-order valence-corrected chi connectivity index (χ2v) is 10.5. The van der Waals surface area contributed by atoms with Crippen molar-refractivity contribution in [3.05, 3.63) is 46.6 Å². The van der Waals surface area contributed by atoms with Crippen LogP contribution in [0.2, 0.25) is 5.02 Å². The van der Waals surface area contributed by atoms with E-state index in [4.69, 9.17) is 29.9 Å². The molecule has 0 fully saturated rings. The van der Waals surface area contributed by atoms with Gasteiger partial charge in [-0.25, -0.2) is 0 Å². The van der Waals surface area contributed by atoms with Crippen molar-refractivity contribution in [2.75, 3.05) is 13.2 Å². The summed E-state index contributed by atoms with van der Waals surface area (Å²) in [6.45, 7) is 8.79. The standard InChI is InChI=1S/C21H30ClN2O6P/c1-6-27-31(26,28-7-2)17(20(25)29-21(3,4)5)14-19-23-18(24-30-19)13-10-15-8-11-16(22)12-9-15/h8-9,11-12,17H,6-7,10,13-14H2,1-5H3. The number of aryl methyl sites for hydroxylation is 2. The van der Waals surface area contributed by atoms with E-state index in [0.29, 0.717) is 23.7 Å². The van der Waals surface area contributed by atoms with Crippen LogP contribution in [-0.2, 0) is 42.4 Å². The van der Waals surface area contributed by atoms with Gasteiger partial charge >= 0.3 is 13.6 Å². The molecule has 0 saturated carbocycles. The number of hydrogen-bond donors (Lipinski definition) is 0. The van der Waals surface area contributed by atoms with Crippen molar-refractivity contribution in [1.29, 1.82) is 0 Å². The van der Waals surface area contributed by atoms with E-state index in [1.165, 1.54) is 0 Å². The van der Waals surface area contributed by atoms with Crippen molar-refractivity contribution in [2.24, 2.45) is 0 Å². The minimum Gasteiger partial charge on any atom is -0.459 e. The quantitative estimate of drug-likeness (QED) is 0.331. The summed E-state index contributed by atoms with van der Waals surface area (Å²) in [6, 6.07) is 7.51. The number of nitrogens with zero attached hydrogens (tertiary/aromatic N) is 2. The summed E-state index contributed by atoms with van der Waals surface area (Å²) in [5.74, 6) is -0.0456. The molecule has 0 amide bonds. The highest BCUT2D eigenvalue weighted by Gasteiger charge is 2.44. The van der Waals surface area contributed by atoms with Crippen LogP contribution in [0, 0.1) is 0 Å². The predicted molar refractivity (Wildman–Crippen MR) is 117 cm³/mol. The van der Waals surface area contributed by atoms with E-state index < -0.39 is 24.8 Å². The SMILES string of the molecule is CCOP(=O)(OCC)C(Cc1nc(CCc2ccc(Cl)cc2)no1)C(=O)OC(C)(C)C. The molecule has 0 N–H and O–H groups in total. The minimum absolute atomic E-state index is 0.111. The maximum atomic E-state index is 13.3. The molecule has 1 unspecified atom stereocenters. The van der Waals surface area contributed by atoms with Crippen molar-refractivity contribution in [1.82, 2.24) is 10.1 Å². The van der Waals surface area contributed by atoms with Gasteiger partial charge in [0.25, 0.3) is 0 Å². The summed E-state index contributed by atoms with van der Waals surface area (Å²) in [4.78, 5) is 17.2. The molecule has 0 aliphatic rings. The number of hydrogen-bond acceptors (Lipinski definition) is 8. The van der Waals surface area contributed by atoms with Gasteiger partial charge in [-0.15, -0.1) is 0 Å². The zero-order valence-electron chi connectivity index (χ0n) is 18.6. The van der Waals surface area contributed by atoms with E-state index in [1.54, 1.807) is 34.6 Å². The second kappa shape index (κ2) is 11.2. The van der Waals surface area contributed by atoms with Crippen LogP contribution < -0.4 is 0 Å². The summed E-state index contributed by atoms with van der Waals surface area (Å²) < 4.78 is 34.9. The summed E-state index contributed by atoms with van der Waals surface area (Å²) in [5.41, 5.74) is -0.896. The van der Waals surface area contributed by atoms with Gasteiger partial charge in [-0.05, 0) is 58.7 Å². The zero-order chi connectivity index (χ0) is 23.1. The van der Waals surface area contributed by atoms with E-state index in [2.05, 4.69) is 10.1 Å². The zero-order valence-corrected chi connectivity index (χ0v) is 20.2. The molecular formula is C21H30ClN2O6P. The van der Waals surface area contributed by atoms with Crippen LogP contribution in [-0.4, -0.2) is 40.6 Å². The lowest BCUT2D eigenvalue weighted by Gasteiger charge is -2.27. The monoisotopic (exact) mass is 472 g/mol. The predicted octanol–water partition coefficient (Wildman–Crippen LogP) is 5.03. The molecule has 0 saturated heterocycles. The molecule has 0 aliphatic heterocycles. The van der Waals surface area contributed by atoms with E-state index in [9.17, 15) is 9.36 Å². The highest BCUT2D eigenvalue weighted by atomic mass is 35.5. The van der Waals surface area contributed by atoms with Crippen molar-refractivity contribution in [2.45, 2.75) is 65.1 Å². The Bertz CT molecular complexity index is 884. The highest BCUT2D eigenvalue weighted by molar-refractivity contribution is 7.55. The van der Waals surface area contributed by atoms with Gasteiger partial charge in [0.2, 0.25) is 5.89 Å². The molecule has 2 rings (SSSR count). The molecule has 1 aromatic carbocycles. The Morgan fingerprint density at radius 2 is 1.74 bits per heavy atom. The van der Waals surface area contributed by atoms with E-state index >= 15 is 0 Å². The largest absolute Gasteiger partial charge is 0.459 e. The summed E-state index contributed by atoms with van der Waals surface area (Å²) >= 11 is 5.91. The highest BCUT2D eigenvalue weighted by Crippen LogP contribution is 2.54. The molecular weight excluding hydrogens is 443 g/mol. The molecule has 1 heterocycles. The topological polar surface area (TPSA) is 101 Å². The average molecular weight is 473 g/mol. The van der Waals surface area contributed by atoms with Crippen LogP contribution >= 0.6 is 19.2 Å². The summed E-state index contributed by atoms with van der Waals surface area (Å²) in [7, 11) is -3.81. The van der Waals surface area contributed by atoms with Gasteiger partial charge < -0.3 is 18.3 Å².